The molecule has 14 heavy (non-hydrogen) atoms. The quantitative estimate of drug-likeness (QED) is 0.734. The zero-order valence-corrected chi connectivity index (χ0v) is 7.53. The van der Waals surface area contributed by atoms with E-state index >= 15 is 0 Å². The summed E-state index contributed by atoms with van der Waals surface area (Å²) in [5, 5.41) is 0. The van der Waals surface area contributed by atoms with Gasteiger partial charge in [0.1, 0.15) is 0 Å². The van der Waals surface area contributed by atoms with Gasteiger partial charge in [-0.1, -0.05) is 6.07 Å². The summed E-state index contributed by atoms with van der Waals surface area (Å²) in [6.07, 6.45) is 2.71. The molecule has 3 nitrogen and oxygen atoms in total. The lowest BCUT2D eigenvalue weighted by atomic mass is 10.1. The maximum atomic E-state index is 13.6. The highest BCUT2D eigenvalue weighted by Crippen LogP contribution is 2.28. The van der Waals surface area contributed by atoms with Gasteiger partial charge in [-0.15, -0.1) is 0 Å². The molecular formula is C10H8FNO2. The minimum atomic E-state index is -0.438. The molecule has 0 saturated heterocycles. The zero-order chi connectivity index (χ0) is 9.97. The SMILES string of the molecule is COc1cccc(-c2cnco2)c1F. The predicted octanol–water partition coefficient (Wildman–Crippen LogP) is 2.49. The van der Waals surface area contributed by atoms with Gasteiger partial charge in [-0.25, -0.2) is 9.37 Å². The Balaban J connectivity index is 2.54. The molecule has 72 valence electrons. The van der Waals surface area contributed by atoms with Crippen LogP contribution in [0.25, 0.3) is 11.3 Å². The highest BCUT2D eigenvalue weighted by atomic mass is 19.1. The second-order valence-electron chi connectivity index (χ2n) is 2.69. The normalized spacial score (nSPS) is 10.1. The molecule has 0 N–H and O–H groups in total. The van der Waals surface area contributed by atoms with Crippen LogP contribution in [-0.2, 0) is 0 Å². The summed E-state index contributed by atoms with van der Waals surface area (Å²) in [5.74, 6) is 0.145. The number of ether oxygens (including phenoxy) is 1. The molecule has 0 aliphatic carbocycles. The van der Waals surface area contributed by atoms with Gasteiger partial charge in [0.05, 0.1) is 18.9 Å². The van der Waals surface area contributed by atoms with Crippen LogP contribution in [-0.4, -0.2) is 12.1 Å². The molecular weight excluding hydrogens is 185 g/mol. The van der Waals surface area contributed by atoms with E-state index in [1.807, 2.05) is 0 Å². The standard InChI is InChI=1S/C10H8FNO2/c1-13-8-4-2-3-7(10(8)11)9-5-12-6-14-9/h2-6H,1H3. The summed E-state index contributed by atoms with van der Waals surface area (Å²) in [7, 11) is 1.42. The molecule has 2 rings (SSSR count). The molecule has 1 aromatic heterocycles. The van der Waals surface area contributed by atoms with E-state index in [9.17, 15) is 4.39 Å². The van der Waals surface area contributed by atoms with E-state index in [4.69, 9.17) is 9.15 Å². The summed E-state index contributed by atoms with van der Waals surface area (Å²) in [6, 6.07) is 4.85. The van der Waals surface area contributed by atoms with E-state index in [0.717, 1.165) is 0 Å². The molecule has 0 amide bonds. The van der Waals surface area contributed by atoms with Crippen molar-refractivity contribution in [2.45, 2.75) is 0 Å². The Bertz CT molecular complexity index is 426. The van der Waals surface area contributed by atoms with Crippen molar-refractivity contribution in [1.29, 1.82) is 0 Å². The monoisotopic (exact) mass is 193 g/mol. The fourth-order valence-corrected chi connectivity index (χ4v) is 1.21. The van der Waals surface area contributed by atoms with Crippen molar-refractivity contribution >= 4 is 0 Å². The number of halogens is 1. The van der Waals surface area contributed by atoms with Crippen LogP contribution < -0.4 is 4.74 Å². The van der Waals surface area contributed by atoms with E-state index in [1.165, 1.54) is 19.7 Å². The van der Waals surface area contributed by atoms with Crippen LogP contribution in [0.3, 0.4) is 0 Å². The summed E-state index contributed by atoms with van der Waals surface area (Å²) >= 11 is 0. The van der Waals surface area contributed by atoms with Crippen molar-refractivity contribution in [2.75, 3.05) is 7.11 Å². The Morgan fingerprint density at radius 3 is 2.93 bits per heavy atom. The summed E-state index contributed by atoms with van der Waals surface area (Å²) in [4.78, 5) is 3.72. The van der Waals surface area contributed by atoms with Gasteiger partial charge in [0.2, 0.25) is 0 Å². The van der Waals surface area contributed by atoms with E-state index in [0.29, 0.717) is 11.3 Å². The molecule has 4 heteroatoms. The topological polar surface area (TPSA) is 35.3 Å². The van der Waals surface area contributed by atoms with Crippen molar-refractivity contribution in [2.24, 2.45) is 0 Å². The molecule has 1 heterocycles. The van der Waals surface area contributed by atoms with Crippen LogP contribution >= 0.6 is 0 Å². The first-order valence-electron chi connectivity index (χ1n) is 4.04. The van der Waals surface area contributed by atoms with Gasteiger partial charge in [-0.2, -0.15) is 0 Å². The lowest BCUT2D eigenvalue weighted by Gasteiger charge is -2.03. The van der Waals surface area contributed by atoms with Crippen molar-refractivity contribution in [3.8, 4) is 17.1 Å². The van der Waals surface area contributed by atoms with Gasteiger partial charge in [0.15, 0.2) is 23.7 Å². The molecule has 0 spiro atoms. The van der Waals surface area contributed by atoms with Gasteiger partial charge in [-0.3, -0.25) is 0 Å². The maximum Gasteiger partial charge on any atom is 0.181 e. The highest BCUT2D eigenvalue weighted by molar-refractivity contribution is 5.59. The van der Waals surface area contributed by atoms with Crippen LogP contribution in [0.5, 0.6) is 5.75 Å². The van der Waals surface area contributed by atoms with Crippen LogP contribution in [0.4, 0.5) is 4.39 Å². The Morgan fingerprint density at radius 2 is 2.29 bits per heavy atom. The predicted molar refractivity (Wildman–Crippen MR) is 48.4 cm³/mol. The van der Waals surface area contributed by atoms with Crippen molar-refractivity contribution in [1.82, 2.24) is 4.98 Å². The van der Waals surface area contributed by atoms with E-state index in [1.54, 1.807) is 18.2 Å². The first kappa shape index (κ1) is 8.74. The van der Waals surface area contributed by atoms with Gasteiger partial charge >= 0.3 is 0 Å². The molecule has 0 bridgehead atoms. The lowest BCUT2D eigenvalue weighted by Crippen LogP contribution is -1.90. The second kappa shape index (κ2) is 3.49. The third-order valence-corrected chi connectivity index (χ3v) is 1.88. The lowest BCUT2D eigenvalue weighted by molar-refractivity contribution is 0.386. The maximum absolute atomic E-state index is 13.6. The fraction of sp³-hybridized carbons (Fsp3) is 0.100. The van der Waals surface area contributed by atoms with E-state index in [-0.39, 0.29) is 5.75 Å². The number of benzene rings is 1. The molecule has 0 aliphatic heterocycles. The van der Waals surface area contributed by atoms with Crippen LogP contribution in [0.1, 0.15) is 0 Å². The third kappa shape index (κ3) is 1.35. The van der Waals surface area contributed by atoms with Crippen LogP contribution in [0.15, 0.2) is 35.2 Å². The second-order valence-corrected chi connectivity index (χ2v) is 2.69. The minimum absolute atomic E-state index is 0.193. The number of nitrogens with zero attached hydrogens (tertiary/aromatic N) is 1. The van der Waals surface area contributed by atoms with E-state index in [2.05, 4.69) is 4.98 Å². The van der Waals surface area contributed by atoms with Gasteiger partial charge in [0.25, 0.3) is 0 Å². The van der Waals surface area contributed by atoms with Gasteiger partial charge in [-0.05, 0) is 12.1 Å². The van der Waals surface area contributed by atoms with Gasteiger partial charge in [0, 0.05) is 0 Å². The van der Waals surface area contributed by atoms with Gasteiger partial charge < -0.3 is 9.15 Å². The minimum Gasteiger partial charge on any atom is -0.494 e. The summed E-state index contributed by atoms with van der Waals surface area (Å²) < 4.78 is 23.5. The highest BCUT2D eigenvalue weighted by Gasteiger charge is 2.12. The first-order valence-corrected chi connectivity index (χ1v) is 4.04. The average molecular weight is 193 g/mol. The summed E-state index contributed by atoms with van der Waals surface area (Å²) in [5.41, 5.74) is 0.349. The first-order chi connectivity index (χ1) is 6.83. The van der Waals surface area contributed by atoms with Crippen molar-refractivity contribution < 1.29 is 13.5 Å². The molecule has 0 saturated carbocycles. The van der Waals surface area contributed by atoms with Crippen LogP contribution in [0, 0.1) is 5.82 Å². The Kier molecular flexibility index (Phi) is 2.18. The Morgan fingerprint density at radius 1 is 1.43 bits per heavy atom. The summed E-state index contributed by atoms with van der Waals surface area (Å²) in [6.45, 7) is 0. The van der Waals surface area contributed by atoms with Crippen LogP contribution in [0.2, 0.25) is 0 Å². The molecule has 0 aliphatic rings. The zero-order valence-electron chi connectivity index (χ0n) is 7.53. The Hall–Kier alpha value is -1.84. The third-order valence-electron chi connectivity index (χ3n) is 1.88. The van der Waals surface area contributed by atoms with Crippen molar-refractivity contribution in [3.05, 3.63) is 36.6 Å². The molecule has 2 aromatic rings. The smallest absolute Gasteiger partial charge is 0.181 e. The van der Waals surface area contributed by atoms with Crippen molar-refractivity contribution in [3.63, 3.8) is 0 Å². The molecule has 0 unspecified atom stereocenters. The molecule has 0 fully saturated rings. The number of hydrogen-bond acceptors (Lipinski definition) is 3. The van der Waals surface area contributed by atoms with E-state index < -0.39 is 5.82 Å². The molecule has 0 atom stereocenters. The number of methoxy groups -OCH3 is 1. The molecule has 0 radical (unpaired) electrons. The Labute approximate surface area is 80.1 Å². The number of aromatic nitrogens is 1. The number of hydrogen-bond donors (Lipinski definition) is 0. The number of rotatable bonds is 2. The largest absolute Gasteiger partial charge is 0.494 e. The fourth-order valence-electron chi connectivity index (χ4n) is 1.21. The number of oxazole rings is 1. The average Bonchev–Trinajstić information content (AvgIpc) is 2.71. The molecule has 1 aromatic carbocycles.